The van der Waals surface area contributed by atoms with E-state index < -0.39 is 0 Å². The lowest BCUT2D eigenvalue weighted by Crippen LogP contribution is -2.05. The van der Waals surface area contributed by atoms with Gasteiger partial charge >= 0.3 is 0 Å². The van der Waals surface area contributed by atoms with Crippen LogP contribution in [0.5, 0.6) is 0 Å². The Kier molecular flexibility index (Phi) is 5.58. The third kappa shape index (κ3) is 3.48. The van der Waals surface area contributed by atoms with Crippen molar-refractivity contribution < 1.29 is 4.42 Å². The van der Waals surface area contributed by atoms with E-state index in [-0.39, 0.29) is 0 Å². The molecule has 0 bridgehead atoms. The molecule has 1 N–H and O–H groups in total. The van der Waals surface area contributed by atoms with Gasteiger partial charge in [0.15, 0.2) is 5.58 Å². The second-order valence-electron chi connectivity index (χ2n) is 6.37. The quantitative estimate of drug-likeness (QED) is 0.470. The zero-order chi connectivity index (χ0) is 16.8. The van der Waals surface area contributed by atoms with Crippen molar-refractivity contribution in [1.82, 2.24) is 0 Å². The number of nitrogens with one attached hydrogen (secondary N) is 1. The van der Waals surface area contributed by atoms with E-state index in [9.17, 15) is 0 Å². The summed E-state index contributed by atoms with van der Waals surface area (Å²) < 4.78 is 5.90. The second-order valence-corrected chi connectivity index (χ2v) is 6.37. The standard InChI is InChI=1S/C22H27NO/c1-3-5-10-18-16-20(17-11-8-7-9-12-17)19-13-15-24-22(19)21(18)23-14-6-4-2/h7-9,11-13,15-16,23H,3-6,10,14H2,1-2H3. The average molecular weight is 321 g/mol. The first-order valence-electron chi connectivity index (χ1n) is 9.17. The summed E-state index contributed by atoms with van der Waals surface area (Å²) in [4.78, 5) is 0. The Morgan fingerprint density at radius 2 is 1.75 bits per heavy atom. The Hall–Kier alpha value is -2.22. The summed E-state index contributed by atoms with van der Waals surface area (Å²) in [5, 5.41) is 4.83. The third-order valence-corrected chi connectivity index (χ3v) is 4.54. The van der Waals surface area contributed by atoms with Gasteiger partial charge in [-0.1, -0.05) is 57.0 Å². The van der Waals surface area contributed by atoms with Crippen molar-refractivity contribution >= 4 is 16.7 Å². The van der Waals surface area contributed by atoms with Crippen LogP contribution in [0.2, 0.25) is 0 Å². The molecule has 0 spiro atoms. The van der Waals surface area contributed by atoms with Crippen LogP contribution in [0, 0.1) is 0 Å². The molecular formula is C22H27NO. The number of anilines is 1. The average Bonchev–Trinajstić information content (AvgIpc) is 3.11. The molecule has 0 amide bonds. The Balaban J connectivity index is 2.10. The predicted octanol–water partition coefficient (Wildman–Crippen LogP) is 6.65. The molecule has 1 heterocycles. The van der Waals surface area contributed by atoms with Crippen LogP contribution in [0.25, 0.3) is 22.1 Å². The van der Waals surface area contributed by atoms with E-state index in [1.807, 2.05) is 6.26 Å². The van der Waals surface area contributed by atoms with E-state index in [1.54, 1.807) is 0 Å². The van der Waals surface area contributed by atoms with Crippen molar-refractivity contribution in [1.29, 1.82) is 0 Å². The van der Waals surface area contributed by atoms with Gasteiger partial charge in [-0.05, 0) is 48.1 Å². The monoisotopic (exact) mass is 321 g/mol. The molecule has 24 heavy (non-hydrogen) atoms. The van der Waals surface area contributed by atoms with Gasteiger partial charge in [0, 0.05) is 11.9 Å². The molecule has 0 radical (unpaired) electrons. The zero-order valence-electron chi connectivity index (χ0n) is 14.8. The highest BCUT2D eigenvalue weighted by Gasteiger charge is 2.15. The molecule has 0 aliphatic heterocycles. The molecule has 0 aliphatic rings. The molecule has 3 aromatic rings. The van der Waals surface area contributed by atoms with E-state index in [0.717, 1.165) is 18.5 Å². The molecule has 0 unspecified atom stereocenters. The Morgan fingerprint density at radius 3 is 2.50 bits per heavy atom. The third-order valence-electron chi connectivity index (χ3n) is 4.54. The summed E-state index contributed by atoms with van der Waals surface area (Å²) in [6, 6.07) is 15.1. The van der Waals surface area contributed by atoms with Gasteiger partial charge in [-0.15, -0.1) is 0 Å². The number of unbranched alkanes of at least 4 members (excludes halogenated alkanes) is 2. The number of hydrogen-bond donors (Lipinski definition) is 1. The second kappa shape index (κ2) is 8.05. The van der Waals surface area contributed by atoms with Gasteiger partial charge < -0.3 is 9.73 Å². The number of hydrogen-bond acceptors (Lipinski definition) is 2. The maximum atomic E-state index is 5.90. The zero-order valence-corrected chi connectivity index (χ0v) is 14.8. The molecule has 0 atom stereocenters. The van der Waals surface area contributed by atoms with E-state index in [0.29, 0.717) is 0 Å². The lowest BCUT2D eigenvalue weighted by Gasteiger charge is -2.15. The fourth-order valence-electron chi connectivity index (χ4n) is 3.19. The summed E-state index contributed by atoms with van der Waals surface area (Å²) in [6.45, 7) is 5.46. The van der Waals surface area contributed by atoms with Crippen molar-refractivity contribution in [2.75, 3.05) is 11.9 Å². The number of furan rings is 1. The largest absolute Gasteiger partial charge is 0.462 e. The molecular weight excluding hydrogens is 294 g/mol. The Labute approximate surface area is 144 Å². The van der Waals surface area contributed by atoms with Gasteiger partial charge in [0.1, 0.15) is 0 Å². The van der Waals surface area contributed by atoms with Gasteiger partial charge in [-0.2, -0.15) is 0 Å². The van der Waals surface area contributed by atoms with Crippen molar-refractivity contribution in [2.45, 2.75) is 46.0 Å². The highest BCUT2D eigenvalue weighted by molar-refractivity contribution is 6.01. The molecule has 0 saturated heterocycles. The topological polar surface area (TPSA) is 25.2 Å². The molecule has 2 nitrogen and oxygen atoms in total. The summed E-state index contributed by atoms with van der Waals surface area (Å²) in [6.07, 6.45) is 7.66. The van der Waals surface area contributed by atoms with E-state index in [4.69, 9.17) is 4.42 Å². The van der Waals surface area contributed by atoms with Gasteiger partial charge in [-0.25, -0.2) is 0 Å². The molecule has 2 heteroatoms. The highest BCUT2D eigenvalue weighted by atomic mass is 16.3. The van der Waals surface area contributed by atoms with Crippen molar-refractivity contribution in [3.8, 4) is 11.1 Å². The van der Waals surface area contributed by atoms with Crippen molar-refractivity contribution in [2.24, 2.45) is 0 Å². The summed E-state index contributed by atoms with van der Waals surface area (Å²) in [7, 11) is 0. The highest BCUT2D eigenvalue weighted by Crippen LogP contribution is 2.37. The van der Waals surface area contributed by atoms with Gasteiger partial charge in [0.05, 0.1) is 12.0 Å². The minimum Gasteiger partial charge on any atom is -0.462 e. The van der Waals surface area contributed by atoms with E-state index in [2.05, 4.69) is 61.6 Å². The molecule has 2 aromatic carbocycles. The minimum absolute atomic E-state index is 0.996. The first-order chi connectivity index (χ1) is 11.8. The van der Waals surface area contributed by atoms with Crippen LogP contribution in [0.4, 0.5) is 5.69 Å². The van der Waals surface area contributed by atoms with Crippen LogP contribution in [0.15, 0.2) is 53.1 Å². The maximum absolute atomic E-state index is 5.90. The minimum atomic E-state index is 0.996. The SMILES string of the molecule is CCCCNc1c(CCCC)cc(-c2ccccc2)c2ccoc12. The van der Waals surface area contributed by atoms with E-state index in [1.165, 1.54) is 53.4 Å². The van der Waals surface area contributed by atoms with Crippen LogP contribution >= 0.6 is 0 Å². The summed E-state index contributed by atoms with van der Waals surface area (Å²) >= 11 is 0. The Bertz CT molecular complexity index is 773. The van der Waals surface area contributed by atoms with Crippen LogP contribution in [-0.4, -0.2) is 6.54 Å². The smallest absolute Gasteiger partial charge is 0.157 e. The summed E-state index contributed by atoms with van der Waals surface area (Å²) in [5.74, 6) is 0. The van der Waals surface area contributed by atoms with Crippen LogP contribution in [0.3, 0.4) is 0 Å². The summed E-state index contributed by atoms with van der Waals surface area (Å²) in [5.41, 5.74) is 6.08. The van der Waals surface area contributed by atoms with Gasteiger partial charge in [0.2, 0.25) is 0 Å². The van der Waals surface area contributed by atoms with E-state index >= 15 is 0 Å². The first kappa shape index (κ1) is 16.6. The lowest BCUT2D eigenvalue weighted by molar-refractivity contribution is 0.615. The van der Waals surface area contributed by atoms with Gasteiger partial charge in [-0.3, -0.25) is 0 Å². The van der Waals surface area contributed by atoms with Crippen molar-refractivity contribution in [3.05, 3.63) is 54.3 Å². The molecule has 0 aliphatic carbocycles. The van der Waals surface area contributed by atoms with Crippen LogP contribution in [-0.2, 0) is 6.42 Å². The predicted molar refractivity (Wildman–Crippen MR) is 104 cm³/mol. The molecule has 126 valence electrons. The lowest BCUT2D eigenvalue weighted by atomic mass is 9.95. The normalized spacial score (nSPS) is 11.1. The maximum Gasteiger partial charge on any atom is 0.157 e. The fourth-order valence-corrected chi connectivity index (χ4v) is 3.19. The molecule has 3 rings (SSSR count). The van der Waals surface area contributed by atoms with Crippen LogP contribution < -0.4 is 5.32 Å². The number of aryl methyl sites for hydroxylation is 1. The van der Waals surface area contributed by atoms with Crippen molar-refractivity contribution in [3.63, 3.8) is 0 Å². The fraction of sp³-hybridized carbons (Fsp3) is 0.364. The molecule has 1 aromatic heterocycles. The Morgan fingerprint density at radius 1 is 0.958 bits per heavy atom. The van der Waals surface area contributed by atoms with Crippen LogP contribution in [0.1, 0.15) is 45.1 Å². The molecule has 0 saturated carbocycles. The molecule has 0 fully saturated rings. The number of rotatable bonds is 8. The van der Waals surface area contributed by atoms with Gasteiger partial charge in [0.25, 0.3) is 0 Å². The first-order valence-corrected chi connectivity index (χ1v) is 9.17. The number of benzene rings is 2. The number of fused-ring (bicyclic) bond motifs is 1.